The van der Waals surface area contributed by atoms with Crippen LogP contribution in [0, 0.1) is 19.7 Å². The van der Waals surface area contributed by atoms with Crippen LogP contribution >= 0.6 is 11.3 Å². The third kappa shape index (κ3) is 2.84. The SMILES string of the molecule is COc1ccc(CNc2nccc3c2sc2nc(C)nc(C)c23)cc1F. The maximum Gasteiger partial charge on any atom is 0.165 e. The first-order valence-electron chi connectivity index (χ1n) is 8.15. The van der Waals surface area contributed by atoms with Gasteiger partial charge in [-0.3, -0.25) is 0 Å². The number of methoxy groups -OCH3 is 1. The van der Waals surface area contributed by atoms with E-state index in [0.29, 0.717) is 6.54 Å². The Kier molecular flexibility index (Phi) is 4.16. The summed E-state index contributed by atoms with van der Waals surface area (Å²) in [6.45, 7) is 4.36. The quantitative estimate of drug-likeness (QED) is 0.570. The molecule has 4 aromatic rings. The van der Waals surface area contributed by atoms with Crippen LogP contribution in [0.25, 0.3) is 20.3 Å². The maximum atomic E-state index is 13.9. The van der Waals surface area contributed by atoms with E-state index in [9.17, 15) is 4.39 Å². The normalized spacial score (nSPS) is 11.2. The van der Waals surface area contributed by atoms with Crippen LogP contribution in [0.4, 0.5) is 10.2 Å². The van der Waals surface area contributed by atoms with Gasteiger partial charge in [0.05, 0.1) is 17.5 Å². The molecule has 3 heterocycles. The Labute approximate surface area is 153 Å². The number of anilines is 1. The van der Waals surface area contributed by atoms with Gasteiger partial charge in [-0.2, -0.15) is 0 Å². The smallest absolute Gasteiger partial charge is 0.165 e. The standard InChI is InChI=1S/C19H17FN4OS/c1-10-16-13-6-7-21-18(17(13)26-19(16)24-11(2)23-10)22-9-12-4-5-15(25-3)14(20)8-12/h4-8H,9H2,1-3H3,(H,21,22). The van der Waals surface area contributed by atoms with Crippen molar-refractivity contribution in [1.82, 2.24) is 15.0 Å². The van der Waals surface area contributed by atoms with Crippen LogP contribution in [-0.2, 0) is 6.54 Å². The maximum absolute atomic E-state index is 13.9. The number of benzene rings is 1. The number of fused-ring (bicyclic) bond motifs is 3. The van der Waals surface area contributed by atoms with E-state index < -0.39 is 0 Å². The topological polar surface area (TPSA) is 59.9 Å². The second kappa shape index (κ2) is 6.49. The molecule has 1 aromatic carbocycles. The summed E-state index contributed by atoms with van der Waals surface area (Å²) in [6, 6.07) is 6.91. The van der Waals surface area contributed by atoms with Gasteiger partial charge in [-0.1, -0.05) is 6.07 Å². The van der Waals surface area contributed by atoms with Crippen LogP contribution in [0.1, 0.15) is 17.1 Å². The Morgan fingerprint density at radius 2 is 2.04 bits per heavy atom. The van der Waals surface area contributed by atoms with Gasteiger partial charge in [-0.05, 0) is 37.6 Å². The van der Waals surface area contributed by atoms with Crippen LogP contribution in [0.2, 0.25) is 0 Å². The number of nitrogens with zero attached hydrogens (tertiary/aromatic N) is 3. The Bertz CT molecular complexity index is 1130. The number of halogens is 1. The van der Waals surface area contributed by atoms with Crippen molar-refractivity contribution in [1.29, 1.82) is 0 Å². The number of nitrogens with one attached hydrogen (secondary N) is 1. The third-order valence-corrected chi connectivity index (χ3v) is 5.32. The number of aryl methyl sites for hydroxylation is 2. The molecule has 1 N–H and O–H groups in total. The average molecular weight is 368 g/mol. The predicted molar refractivity (Wildman–Crippen MR) is 102 cm³/mol. The molecule has 0 radical (unpaired) electrons. The Balaban J connectivity index is 1.71. The average Bonchev–Trinajstić information content (AvgIpc) is 2.99. The molecular formula is C19H17FN4OS. The van der Waals surface area contributed by atoms with Gasteiger partial charge in [0.1, 0.15) is 16.5 Å². The molecule has 26 heavy (non-hydrogen) atoms. The number of aromatic nitrogens is 3. The van der Waals surface area contributed by atoms with E-state index in [2.05, 4.69) is 20.3 Å². The van der Waals surface area contributed by atoms with Crippen LogP contribution in [0.5, 0.6) is 5.75 Å². The summed E-state index contributed by atoms with van der Waals surface area (Å²) in [6.07, 6.45) is 1.77. The molecule has 5 nitrogen and oxygen atoms in total. The Morgan fingerprint density at radius 1 is 1.19 bits per heavy atom. The molecule has 0 saturated carbocycles. The summed E-state index contributed by atoms with van der Waals surface area (Å²) >= 11 is 1.59. The highest BCUT2D eigenvalue weighted by atomic mass is 32.1. The zero-order chi connectivity index (χ0) is 18.3. The molecule has 0 spiro atoms. The lowest BCUT2D eigenvalue weighted by molar-refractivity contribution is 0.386. The van der Waals surface area contributed by atoms with E-state index in [1.807, 2.05) is 26.0 Å². The monoisotopic (exact) mass is 368 g/mol. The van der Waals surface area contributed by atoms with Crippen LogP contribution in [0.15, 0.2) is 30.5 Å². The van der Waals surface area contributed by atoms with Crippen molar-refractivity contribution >= 4 is 37.5 Å². The molecule has 132 valence electrons. The fourth-order valence-corrected chi connectivity index (χ4v) is 4.27. The first-order chi connectivity index (χ1) is 12.6. The van der Waals surface area contributed by atoms with Gasteiger partial charge in [0, 0.05) is 23.5 Å². The van der Waals surface area contributed by atoms with Gasteiger partial charge in [0.25, 0.3) is 0 Å². The molecule has 0 aliphatic carbocycles. The lowest BCUT2D eigenvalue weighted by Gasteiger charge is -2.08. The number of pyridine rings is 1. The summed E-state index contributed by atoms with van der Waals surface area (Å²) in [5.41, 5.74) is 1.78. The van der Waals surface area contributed by atoms with Crippen LogP contribution < -0.4 is 10.1 Å². The van der Waals surface area contributed by atoms with E-state index in [0.717, 1.165) is 43.2 Å². The molecule has 0 aliphatic heterocycles. The molecule has 4 rings (SSSR count). The van der Waals surface area contributed by atoms with Crippen molar-refractivity contribution in [2.24, 2.45) is 0 Å². The van der Waals surface area contributed by atoms with Crippen molar-refractivity contribution in [2.75, 3.05) is 12.4 Å². The molecular weight excluding hydrogens is 351 g/mol. The summed E-state index contributed by atoms with van der Waals surface area (Å²) in [5, 5.41) is 5.46. The van der Waals surface area contributed by atoms with E-state index >= 15 is 0 Å². The molecule has 0 unspecified atom stereocenters. The van der Waals surface area contributed by atoms with Gasteiger partial charge in [-0.25, -0.2) is 19.3 Å². The summed E-state index contributed by atoms with van der Waals surface area (Å²) < 4.78 is 19.9. The highest BCUT2D eigenvalue weighted by Crippen LogP contribution is 2.37. The van der Waals surface area contributed by atoms with E-state index in [-0.39, 0.29) is 11.6 Å². The summed E-state index contributed by atoms with van der Waals surface area (Å²) in [5.74, 6) is 1.39. The zero-order valence-corrected chi connectivity index (χ0v) is 15.4. The number of thiophene rings is 1. The minimum Gasteiger partial charge on any atom is -0.494 e. The van der Waals surface area contributed by atoms with Gasteiger partial charge in [0.2, 0.25) is 0 Å². The lowest BCUT2D eigenvalue weighted by Crippen LogP contribution is -2.02. The fourth-order valence-electron chi connectivity index (χ4n) is 3.04. The second-order valence-electron chi connectivity index (χ2n) is 6.00. The van der Waals surface area contributed by atoms with E-state index in [1.165, 1.54) is 13.2 Å². The molecule has 3 aromatic heterocycles. The Hall–Kier alpha value is -2.80. The van der Waals surface area contributed by atoms with Crippen molar-refractivity contribution in [3.05, 3.63) is 53.4 Å². The number of rotatable bonds is 4. The van der Waals surface area contributed by atoms with Crippen LogP contribution in [-0.4, -0.2) is 22.1 Å². The van der Waals surface area contributed by atoms with Crippen molar-refractivity contribution in [3.8, 4) is 5.75 Å². The summed E-state index contributed by atoms with van der Waals surface area (Å²) in [4.78, 5) is 14.4. The van der Waals surface area contributed by atoms with Crippen molar-refractivity contribution < 1.29 is 9.13 Å². The number of hydrogen-bond acceptors (Lipinski definition) is 6. The molecule has 7 heteroatoms. The molecule has 0 fully saturated rings. The summed E-state index contributed by atoms with van der Waals surface area (Å²) in [7, 11) is 1.45. The lowest BCUT2D eigenvalue weighted by atomic mass is 10.2. The van der Waals surface area contributed by atoms with Gasteiger partial charge in [-0.15, -0.1) is 11.3 Å². The number of hydrogen-bond donors (Lipinski definition) is 1. The minimum absolute atomic E-state index is 0.239. The highest BCUT2D eigenvalue weighted by molar-refractivity contribution is 7.26. The van der Waals surface area contributed by atoms with Crippen LogP contribution in [0.3, 0.4) is 0 Å². The molecule has 0 amide bonds. The minimum atomic E-state index is -0.374. The predicted octanol–water partition coefficient (Wildman–Crippen LogP) is 4.62. The van der Waals surface area contributed by atoms with Gasteiger partial charge < -0.3 is 10.1 Å². The van der Waals surface area contributed by atoms with Gasteiger partial charge in [0.15, 0.2) is 11.6 Å². The molecule has 0 aliphatic rings. The first kappa shape index (κ1) is 16.7. The highest BCUT2D eigenvalue weighted by Gasteiger charge is 2.14. The third-order valence-electron chi connectivity index (χ3n) is 4.22. The van der Waals surface area contributed by atoms with Crippen molar-refractivity contribution in [2.45, 2.75) is 20.4 Å². The van der Waals surface area contributed by atoms with Gasteiger partial charge >= 0.3 is 0 Å². The largest absolute Gasteiger partial charge is 0.494 e. The second-order valence-corrected chi connectivity index (χ2v) is 7.00. The zero-order valence-electron chi connectivity index (χ0n) is 14.6. The van der Waals surface area contributed by atoms with Crippen molar-refractivity contribution in [3.63, 3.8) is 0 Å². The fraction of sp³-hybridized carbons (Fsp3) is 0.211. The molecule has 0 atom stereocenters. The number of ether oxygens (including phenoxy) is 1. The Morgan fingerprint density at radius 3 is 2.81 bits per heavy atom. The molecule has 0 bridgehead atoms. The van der Waals surface area contributed by atoms with E-state index in [4.69, 9.17) is 4.74 Å². The van der Waals surface area contributed by atoms with E-state index in [1.54, 1.807) is 23.6 Å². The molecule has 0 saturated heterocycles. The first-order valence-corrected chi connectivity index (χ1v) is 8.97.